The highest BCUT2D eigenvalue weighted by Gasteiger charge is 2.20. The van der Waals surface area contributed by atoms with Gasteiger partial charge in [-0.05, 0) is 34.4 Å². The number of nitrogens with one attached hydrogen (secondary N) is 1. The Bertz CT molecular complexity index is 819. The molecule has 0 saturated carbocycles. The molecule has 2 aromatic rings. The summed E-state index contributed by atoms with van der Waals surface area (Å²) < 4.78 is 2.70. The Labute approximate surface area is 169 Å². The molecule has 1 aromatic carbocycles. The van der Waals surface area contributed by atoms with Crippen molar-refractivity contribution < 1.29 is 9.67 Å². The maximum absolute atomic E-state index is 13.1. The van der Waals surface area contributed by atoms with Crippen LogP contribution in [0.2, 0.25) is 0 Å². The van der Waals surface area contributed by atoms with Gasteiger partial charge in [-0.15, -0.1) is 6.58 Å². The standard InChI is InChI=1S/C21H23BrN2OS/c1-5-12-23-20(26)18(19(25)15-6-8-17(22)9-7-15)24-13-10-16(11-14-24)21(2,3)4/h5-11,13-14H,1,12H2,2-4H3,(H-,23,25,26). The number of benzene rings is 1. The molecule has 1 N–H and O–H groups in total. The van der Waals surface area contributed by atoms with Crippen LogP contribution in [-0.4, -0.2) is 11.5 Å². The van der Waals surface area contributed by atoms with Crippen molar-refractivity contribution in [1.82, 2.24) is 5.32 Å². The molecule has 0 unspecified atom stereocenters. The molecule has 0 amide bonds. The van der Waals surface area contributed by atoms with Crippen molar-refractivity contribution >= 4 is 44.6 Å². The predicted octanol–water partition coefficient (Wildman–Crippen LogP) is 3.82. The Kier molecular flexibility index (Phi) is 6.73. The summed E-state index contributed by atoms with van der Waals surface area (Å²) in [6, 6.07) is 11.3. The number of pyridine rings is 1. The number of thiocarbonyl (C=S) groups is 1. The summed E-state index contributed by atoms with van der Waals surface area (Å²) in [4.78, 5) is 0.395. The molecule has 0 radical (unpaired) electrons. The van der Waals surface area contributed by atoms with Crippen LogP contribution in [0, 0.1) is 0 Å². The topological polar surface area (TPSA) is 39.0 Å². The molecule has 0 saturated heterocycles. The summed E-state index contributed by atoms with van der Waals surface area (Å²) in [5, 5.41) is 16.2. The summed E-state index contributed by atoms with van der Waals surface area (Å²) >= 11 is 8.88. The molecule has 0 bridgehead atoms. The Balaban J connectivity index is 2.53. The number of hydrogen-bond acceptors (Lipinski definition) is 2. The molecule has 0 spiro atoms. The van der Waals surface area contributed by atoms with Gasteiger partial charge in [0.05, 0.1) is 0 Å². The van der Waals surface area contributed by atoms with Crippen molar-refractivity contribution in [1.29, 1.82) is 0 Å². The van der Waals surface area contributed by atoms with E-state index < -0.39 is 0 Å². The predicted molar refractivity (Wildman–Crippen MR) is 113 cm³/mol. The third-order valence-electron chi connectivity index (χ3n) is 3.90. The van der Waals surface area contributed by atoms with Crippen LogP contribution >= 0.6 is 28.1 Å². The first-order valence-electron chi connectivity index (χ1n) is 8.32. The Morgan fingerprint density at radius 3 is 2.27 bits per heavy atom. The second kappa shape index (κ2) is 8.60. The van der Waals surface area contributed by atoms with Gasteiger partial charge < -0.3 is 10.4 Å². The van der Waals surface area contributed by atoms with Crippen molar-refractivity contribution in [3.63, 3.8) is 0 Å². The number of rotatable bonds is 5. The van der Waals surface area contributed by atoms with E-state index in [1.807, 2.05) is 36.7 Å². The van der Waals surface area contributed by atoms with Crippen LogP contribution < -0.4 is 15.0 Å². The van der Waals surface area contributed by atoms with Crippen LogP contribution in [0.15, 0.2) is 65.9 Å². The lowest BCUT2D eigenvalue weighted by atomic mass is 9.88. The first kappa shape index (κ1) is 20.3. The van der Waals surface area contributed by atoms with E-state index in [1.54, 1.807) is 22.8 Å². The highest BCUT2D eigenvalue weighted by molar-refractivity contribution is 9.10. The molecule has 2 rings (SSSR count). The van der Waals surface area contributed by atoms with Gasteiger partial charge in [-0.1, -0.05) is 67.1 Å². The fourth-order valence-electron chi connectivity index (χ4n) is 2.40. The number of aromatic nitrogens is 1. The maximum atomic E-state index is 13.1. The Morgan fingerprint density at radius 2 is 1.77 bits per heavy atom. The molecule has 0 aliphatic heterocycles. The summed E-state index contributed by atoms with van der Waals surface area (Å²) in [7, 11) is 0. The summed E-state index contributed by atoms with van der Waals surface area (Å²) in [5.74, 6) is -0.132. The third-order valence-corrected chi connectivity index (χ3v) is 4.76. The largest absolute Gasteiger partial charge is 0.867 e. The minimum absolute atomic E-state index is 0.0383. The second-order valence-corrected chi connectivity index (χ2v) is 8.25. The maximum Gasteiger partial charge on any atom is 0.237 e. The second-order valence-electron chi connectivity index (χ2n) is 6.93. The van der Waals surface area contributed by atoms with Gasteiger partial charge in [0.25, 0.3) is 0 Å². The van der Waals surface area contributed by atoms with E-state index in [0.717, 1.165) is 4.47 Å². The van der Waals surface area contributed by atoms with Gasteiger partial charge in [0.2, 0.25) is 5.70 Å². The van der Waals surface area contributed by atoms with E-state index in [9.17, 15) is 5.11 Å². The average Bonchev–Trinajstić information content (AvgIpc) is 2.60. The van der Waals surface area contributed by atoms with E-state index in [-0.39, 0.29) is 11.2 Å². The van der Waals surface area contributed by atoms with Crippen molar-refractivity contribution in [2.75, 3.05) is 6.54 Å². The van der Waals surface area contributed by atoms with Crippen LogP contribution in [0.5, 0.6) is 0 Å². The highest BCUT2D eigenvalue weighted by atomic mass is 79.9. The molecular formula is C21H23BrN2OS. The van der Waals surface area contributed by atoms with Crippen LogP contribution in [-0.2, 0) is 5.41 Å². The van der Waals surface area contributed by atoms with E-state index in [1.165, 1.54) is 5.56 Å². The van der Waals surface area contributed by atoms with Crippen molar-refractivity contribution in [3.8, 4) is 0 Å². The third kappa shape index (κ3) is 5.02. The molecule has 136 valence electrons. The quantitative estimate of drug-likeness (QED) is 0.257. The number of hydrogen-bond donors (Lipinski definition) is 1. The summed E-state index contributed by atoms with van der Waals surface area (Å²) in [6.45, 7) is 10.6. The zero-order chi connectivity index (χ0) is 19.3. The summed E-state index contributed by atoms with van der Waals surface area (Å²) in [6.07, 6.45) is 5.48. The minimum atomic E-state index is -0.132. The van der Waals surface area contributed by atoms with Crippen LogP contribution in [0.1, 0.15) is 31.9 Å². The molecule has 0 aliphatic rings. The molecule has 0 aliphatic carbocycles. The van der Waals surface area contributed by atoms with E-state index in [2.05, 4.69) is 48.6 Å². The molecular weight excluding hydrogens is 408 g/mol. The van der Waals surface area contributed by atoms with E-state index in [4.69, 9.17) is 12.2 Å². The highest BCUT2D eigenvalue weighted by Crippen LogP contribution is 2.21. The van der Waals surface area contributed by atoms with Crippen molar-refractivity contribution in [3.05, 3.63) is 77.0 Å². The fourth-order valence-corrected chi connectivity index (χ4v) is 2.95. The zero-order valence-electron chi connectivity index (χ0n) is 15.3. The van der Waals surface area contributed by atoms with Crippen LogP contribution in [0.25, 0.3) is 11.5 Å². The lowest BCUT2D eigenvalue weighted by Gasteiger charge is -2.19. The van der Waals surface area contributed by atoms with Crippen LogP contribution in [0.4, 0.5) is 0 Å². The SMILES string of the molecule is C=CCNC(=S)C(=C([O-])c1ccc(Br)cc1)[n+]1ccc(C(C)(C)C)cc1. The molecule has 0 fully saturated rings. The van der Waals surface area contributed by atoms with Gasteiger partial charge in [0.15, 0.2) is 17.4 Å². The smallest absolute Gasteiger partial charge is 0.237 e. The van der Waals surface area contributed by atoms with Gasteiger partial charge in [-0.3, -0.25) is 0 Å². The molecule has 26 heavy (non-hydrogen) atoms. The molecule has 3 nitrogen and oxygen atoms in total. The molecule has 5 heteroatoms. The summed E-state index contributed by atoms with van der Waals surface area (Å²) in [5.41, 5.74) is 2.23. The average molecular weight is 431 g/mol. The van der Waals surface area contributed by atoms with Gasteiger partial charge in [-0.2, -0.15) is 4.57 Å². The molecule has 1 aromatic heterocycles. The van der Waals surface area contributed by atoms with E-state index >= 15 is 0 Å². The lowest BCUT2D eigenvalue weighted by molar-refractivity contribution is -0.578. The Morgan fingerprint density at radius 1 is 1.19 bits per heavy atom. The molecule has 0 atom stereocenters. The first-order chi connectivity index (χ1) is 12.2. The van der Waals surface area contributed by atoms with Gasteiger partial charge in [0, 0.05) is 23.2 Å². The van der Waals surface area contributed by atoms with Crippen LogP contribution in [0.3, 0.4) is 0 Å². The number of nitrogens with zero attached hydrogens (tertiary/aromatic N) is 1. The normalized spacial score (nSPS) is 12.3. The molecule has 1 heterocycles. The van der Waals surface area contributed by atoms with Gasteiger partial charge in [-0.25, -0.2) is 0 Å². The monoisotopic (exact) mass is 430 g/mol. The van der Waals surface area contributed by atoms with Gasteiger partial charge >= 0.3 is 0 Å². The van der Waals surface area contributed by atoms with Crippen molar-refractivity contribution in [2.24, 2.45) is 0 Å². The zero-order valence-corrected chi connectivity index (χ0v) is 17.7. The van der Waals surface area contributed by atoms with Crippen molar-refractivity contribution in [2.45, 2.75) is 26.2 Å². The minimum Gasteiger partial charge on any atom is -0.867 e. The first-order valence-corrected chi connectivity index (χ1v) is 9.52. The van der Waals surface area contributed by atoms with E-state index in [0.29, 0.717) is 22.8 Å². The fraction of sp³-hybridized carbons (Fsp3) is 0.238. The number of halogens is 1. The Hall–Kier alpha value is -1.98. The van der Waals surface area contributed by atoms with Gasteiger partial charge in [0.1, 0.15) is 0 Å². The lowest BCUT2D eigenvalue weighted by Crippen LogP contribution is -2.42.